The van der Waals surface area contributed by atoms with Crippen molar-refractivity contribution < 1.29 is 27.4 Å². The summed E-state index contributed by atoms with van der Waals surface area (Å²) in [7, 11) is -2.44. The van der Waals surface area contributed by atoms with Crippen molar-refractivity contribution in [2.24, 2.45) is 0 Å². The number of nitrogens with zero attached hydrogens (tertiary/aromatic N) is 1. The van der Waals surface area contributed by atoms with E-state index in [0.717, 1.165) is 24.2 Å². The fraction of sp³-hybridized carbons (Fsp3) is 0.321. The number of sulfonamides is 1. The van der Waals surface area contributed by atoms with Gasteiger partial charge in [-0.25, -0.2) is 8.42 Å². The molecule has 0 bridgehead atoms. The Morgan fingerprint density at radius 3 is 2.43 bits per heavy atom. The number of aryl methyl sites for hydroxylation is 2. The molecule has 1 aliphatic heterocycles. The van der Waals surface area contributed by atoms with Gasteiger partial charge in [0.25, 0.3) is 15.9 Å². The molecule has 0 unspecified atom stereocenters. The molecule has 0 radical (unpaired) electrons. The quantitative estimate of drug-likeness (QED) is 0.401. The number of amides is 1. The van der Waals surface area contributed by atoms with Crippen LogP contribution in [0, 0.1) is 6.92 Å². The summed E-state index contributed by atoms with van der Waals surface area (Å²) in [5, 5.41) is 2.80. The molecule has 1 amide bonds. The largest absolute Gasteiger partial charge is 0.497 e. The van der Waals surface area contributed by atoms with Gasteiger partial charge in [-0.1, -0.05) is 31.5 Å². The fourth-order valence-electron chi connectivity index (χ4n) is 4.10. The Kier molecular flexibility index (Phi) is 8.23. The van der Waals surface area contributed by atoms with Crippen molar-refractivity contribution in [3.63, 3.8) is 0 Å². The van der Waals surface area contributed by atoms with Crippen molar-refractivity contribution in [3.05, 3.63) is 77.9 Å². The molecule has 0 fully saturated rings. The van der Waals surface area contributed by atoms with Gasteiger partial charge in [0.15, 0.2) is 6.10 Å². The highest BCUT2D eigenvalue weighted by molar-refractivity contribution is 7.92. The Morgan fingerprint density at radius 2 is 1.76 bits per heavy atom. The predicted octanol–water partition coefficient (Wildman–Crippen LogP) is 4.11. The van der Waals surface area contributed by atoms with Crippen LogP contribution in [0.15, 0.2) is 71.6 Å². The molecule has 196 valence electrons. The lowest BCUT2D eigenvalue weighted by Crippen LogP contribution is -2.51. The van der Waals surface area contributed by atoms with Gasteiger partial charge in [-0.15, -0.1) is 0 Å². The minimum Gasteiger partial charge on any atom is -0.497 e. The lowest BCUT2D eigenvalue weighted by atomic mass is 10.1. The van der Waals surface area contributed by atoms with Crippen LogP contribution in [0.25, 0.3) is 0 Å². The van der Waals surface area contributed by atoms with Crippen molar-refractivity contribution in [2.45, 2.75) is 37.7 Å². The first-order valence-electron chi connectivity index (χ1n) is 12.3. The molecule has 9 heteroatoms. The summed E-state index contributed by atoms with van der Waals surface area (Å²) in [5.41, 5.74) is 2.53. The van der Waals surface area contributed by atoms with E-state index in [4.69, 9.17) is 14.2 Å². The Hall–Kier alpha value is -3.72. The van der Waals surface area contributed by atoms with Gasteiger partial charge in [0.05, 0.1) is 30.8 Å². The standard InChI is InChI=1S/C28H32N2O6S/c1-4-5-21-7-9-23(10-8-21)35-17-16-29-28(31)27-19-30(25-15-6-20(2)18-26(25)36-27)37(32,33)24-13-11-22(34-3)12-14-24/h6-15,18,27H,4-5,16-17,19H2,1-3H3,(H,29,31)/t27-/m1/s1. The van der Waals surface area contributed by atoms with E-state index in [1.54, 1.807) is 24.3 Å². The van der Waals surface area contributed by atoms with Crippen molar-refractivity contribution in [1.82, 2.24) is 5.32 Å². The zero-order valence-electron chi connectivity index (χ0n) is 21.3. The number of methoxy groups -OCH3 is 1. The SMILES string of the molecule is CCCc1ccc(OCCNC(=O)[C@H]2CN(S(=O)(=O)c3ccc(OC)cc3)c3ccc(C)cc3O2)cc1. The fourth-order valence-corrected chi connectivity index (χ4v) is 5.57. The van der Waals surface area contributed by atoms with Crippen LogP contribution in [0.5, 0.6) is 17.2 Å². The molecule has 8 nitrogen and oxygen atoms in total. The van der Waals surface area contributed by atoms with Crippen molar-refractivity contribution in [3.8, 4) is 17.2 Å². The topological polar surface area (TPSA) is 94.2 Å². The lowest BCUT2D eigenvalue weighted by molar-refractivity contribution is -0.127. The van der Waals surface area contributed by atoms with E-state index in [0.29, 0.717) is 17.2 Å². The maximum Gasteiger partial charge on any atom is 0.264 e. The first-order valence-corrected chi connectivity index (χ1v) is 13.7. The lowest BCUT2D eigenvalue weighted by Gasteiger charge is -2.35. The van der Waals surface area contributed by atoms with E-state index < -0.39 is 22.0 Å². The van der Waals surface area contributed by atoms with Gasteiger partial charge in [-0.3, -0.25) is 9.10 Å². The van der Waals surface area contributed by atoms with Gasteiger partial charge in [-0.05, 0) is 73.0 Å². The number of carbonyl (C=O) groups is 1. The zero-order chi connectivity index (χ0) is 26.4. The summed E-state index contributed by atoms with van der Waals surface area (Å²) in [6.07, 6.45) is 1.08. The Morgan fingerprint density at radius 1 is 1.05 bits per heavy atom. The van der Waals surface area contributed by atoms with Gasteiger partial charge < -0.3 is 19.5 Å². The third-order valence-corrected chi connectivity index (χ3v) is 7.85. The Labute approximate surface area is 218 Å². The molecule has 0 saturated heterocycles. The maximum atomic E-state index is 13.6. The van der Waals surface area contributed by atoms with Crippen LogP contribution >= 0.6 is 0 Å². The number of rotatable bonds is 10. The smallest absolute Gasteiger partial charge is 0.264 e. The number of carbonyl (C=O) groups excluding carboxylic acids is 1. The molecular weight excluding hydrogens is 492 g/mol. The summed E-state index contributed by atoms with van der Waals surface area (Å²) < 4.78 is 45.2. The molecule has 4 rings (SSSR count). The number of nitrogens with one attached hydrogen (secondary N) is 1. The normalized spacial score (nSPS) is 14.9. The molecule has 0 saturated carbocycles. The predicted molar refractivity (Wildman–Crippen MR) is 142 cm³/mol. The molecule has 1 aliphatic rings. The monoisotopic (exact) mass is 524 g/mol. The zero-order valence-corrected chi connectivity index (χ0v) is 22.1. The van der Waals surface area contributed by atoms with Crippen molar-refractivity contribution in [2.75, 3.05) is 31.1 Å². The van der Waals surface area contributed by atoms with Crippen LogP contribution in [-0.4, -0.2) is 47.2 Å². The van der Waals surface area contributed by atoms with Crippen LogP contribution in [-0.2, 0) is 21.2 Å². The van der Waals surface area contributed by atoms with Crippen LogP contribution < -0.4 is 23.8 Å². The summed E-state index contributed by atoms with van der Waals surface area (Å²) >= 11 is 0. The Bertz CT molecular complexity index is 1320. The van der Waals surface area contributed by atoms with Gasteiger partial charge in [0.1, 0.15) is 23.9 Å². The molecule has 0 aliphatic carbocycles. The van der Waals surface area contributed by atoms with Gasteiger partial charge >= 0.3 is 0 Å². The molecular formula is C28H32N2O6S. The second-order valence-corrected chi connectivity index (χ2v) is 10.7. The maximum absolute atomic E-state index is 13.6. The molecule has 1 heterocycles. The average molecular weight is 525 g/mol. The summed E-state index contributed by atoms with van der Waals surface area (Å²) in [4.78, 5) is 13.1. The van der Waals surface area contributed by atoms with Crippen LogP contribution in [0.4, 0.5) is 5.69 Å². The first-order chi connectivity index (χ1) is 17.8. The molecule has 1 N–H and O–H groups in total. The van der Waals surface area contributed by atoms with Crippen LogP contribution in [0.2, 0.25) is 0 Å². The van der Waals surface area contributed by atoms with E-state index >= 15 is 0 Å². The molecule has 0 spiro atoms. The van der Waals surface area contributed by atoms with E-state index in [1.807, 2.05) is 37.3 Å². The van der Waals surface area contributed by atoms with Gasteiger partial charge in [-0.2, -0.15) is 0 Å². The third-order valence-electron chi connectivity index (χ3n) is 6.06. The average Bonchev–Trinajstić information content (AvgIpc) is 2.91. The number of hydrogen-bond acceptors (Lipinski definition) is 6. The van der Waals surface area contributed by atoms with Crippen molar-refractivity contribution in [1.29, 1.82) is 0 Å². The van der Waals surface area contributed by atoms with E-state index in [1.165, 1.54) is 29.1 Å². The number of benzene rings is 3. The minimum atomic E-state index is -3.96. The summed E-state index contributed by atoms with van der Waals surface area (Å²) in [6, 6.07) is 19.3. The second kappa shape index (κ2) is 11.6. The number of anilines is 1. The Balaban J connectivity index is 1.44. The summed E-state index contributed by atoms with van der Waals surface area (Å²) in [5.74, 6) is 1.20. The minimum absolute atomic E-state index is 0.0965. The van der Waals surface area contributed by atoms with E-state index in [9.17, 15) is 13.2 Å². The molecule has 0 aromatic heterocycles. The highest BCUT2D eigenvalue weighted by Crippen LogP contribution is 2.38. The van der Waals surface area contributed by atoms with E-state index in [2.05, 4.69) is 12.2 Å². The number of ether oxygens (including phenoxy) is 3. The van der Waals surface area contributed by atoms with Crippen LogP contribution in [0.1, 0.15) is 24.5 Å². The molecule has 3 aromatic carbocycles. The number of fused-ring (bicyclic) bond motifs is 1. The highest BCUT2D eigenvalue weighted by atomic mass is 32.2. The third kappa shape index (κ3) is 6.17. The van der Waals surface area contributed by atoms with E-state index in [-0.39, 0.29) is 24.6 Å². The highest BCUT2D eigenvalue weighted by Gasteiger charge is 2.37. The molecule has 37 heavy (non-hydrogen) atoms. The van der Waals surface area contributed by atoms with Gasteiger partial charge in [0, 0.05) is 0 Å². The molecule has 1 atom stereocenters. The number of hydrogen-bond donors (Lipinski definition) is 1. The van der Waals surface area contributed by atoms with Crippen LogP contribution in [0.3, 0.4) is 0 Å². The second-order valence-electron chi connectivity index (χ2n) is 8.82. The summed E-state index contributed by atoms with van der Waals surface area (Å²) in [6.45, 7) is 4.38. The molecule has 3 aromatic rings. The van der Waals surface area contributed by atoms with Crippen molar-refractivity contribution >= 4 is 21.6 Å². The van der Waals surface area contributed by atoms with Gasteiger partial charge in [0.2, 0.25) is 0 Å². The first kappa shape index (κ1) is 26.3.